The second-order valence-corrected chi connectivity index (χ2v) is 6.14. The molecule has 7 heteroatoms. The Balaban J connectivity index is 1.67. The fraction of sp³-hybridized carbons (Fsp3) is 0.190. The van der Waals surface area contributed by atoms with Gasteiger partial charge in [-0.15, -0.1) is 0 Å². The summed E-state index contributed by atoms with van der Waals surface area (Å²) in [5, 5.41) is 5.65. The zero-order valence-electron chi connectivity index (χ0n) is 15.7. The predicted molar refractivity (Wildman–Crippen MR) is 106 cm³/mol. The maximum absolute atomic E-state index is 13.7. The van der Waals surface area contributed by atoms with E-state index in [2.05, 4.69) is 20.6 Å². The molecule has 0 aliphatic rings. The predicted octanol–water partition coefficient (Wildman–Crippen LogP) is 3.84. The van der Waals surface area contributed by atoms with E-state index < -0.39 is 11.7 Å². The molecule has 0 radical (unpaired) electrons. The number of halogens is 1. The molecule has 1 aromatic heterocycles. The molecule has 6 nitrogen and oxygen atoms in total. The molecule has 0 bridgehead atoms. The lowest BCUT2D eigenvalue weighted by molar-refractivity contribution is 0.102. The summed E-state index contributed by atoms with van der Waals surface area (Å²) in [7, 11) is 1.64. The molecule has 0 spiro atoms. The van der Waals surface area contributed by atoms with E-state index in [0.29, 0.717) is 24.6 Å². The van der Waals surface area contributed by atoms with Crippen LogP contribution >= 0.6 is 0 Å². The average Bonchev–Trinajstić information content (AvgIpc) is 2.69. The number of aryl methyl sites for hydroxylation is 1. The molecule has 0 saturated carbocycles. The number of para-hydroxylation sites is 2. The summed E-state index contributed by atoms with van der Waals surface area (Å²) in [4.78, 5) is 21.0. The molecule has 144 valence electrons. The first-order chi connectivity index (χ1) is 13.6. The van der Waals surface area contributed by atoms with Gasteiger partial charge in [-0.3, -0.25) is 4.79 Å². The van der Waals surface area contributed by atoms with E-state index >= 15 is 0 Å². The second-order valence-electron chi connectivity index (χ2n) is 6.14. The minimum Gasteiger partial charge on any atom is -0.496 e. The van der Waals surface area contributed by atoms with Gasteiger partial charge in [0.2, 0.25) is 5.95 Å². The minimum atomic E-state index is -0.503. The third-order valence-corrected chi connectivity index (χ3v) is 4.08. The number of methoxy groups -OCH3 is 1. The van der Waals surface area contributed by atoms with Crippen LogP contribution < -0.4 is 15.4 Å². The highest BCUT2D eigenvalue weighted by atomic mass is 19.1. The van der Waals surface area contributed by atoms with Gasteiger partial charge in [-0.05, 0) is 43.2 Å². The zero-order valence-corrected chi connectivity index (χ0v) is 15.7. The van der Waals surface area contributed by atoms with Crippen molar-refractivity contribution in [3.63, 3.8) is 0 Å². The van der Waals surface area contributed by atoms with Crippen LogP contribution in [0.5, 0.6) is 5.75 Å². The Labute approximate surface area is 162 Å². The van der Waals surface area contributed by atoms with Crippen LogP contribution in [-0.2, 0) is 6.42 Å². The summed E-state index contributed by atoms with van der Waals surface area (Å²) in [6.45, 7) is 2.34. The van der Waals surface area contributed by atoms with Gasteiger partial charge < -0.3 is 15.4 Å². The molecule has 3 aromatic rings. The highest BCUT2D eigenvalue weighted by Crippen LogP contribution is 2.18. The summed E-state index contributed by atoms with van der Waals surface area (Å²) in [5.74, 6) is 0.160. The van der Waals surface area contributed by atoms with Gasteiger partial charge in [0.05, 0.1) is 12.8 Å². The standard InChI is InChI=1S/C21H21FN4O2/c1-14-13-18(20(27)25-17-9-5-4-8-16(17)22)26-21(24-14)23-12-11-15-7-3-6-10-19(15)28-2/h3-10,13H,11-12H2,1-2H3,(H,25,27)(H,23,24,26). The number of benzene rings is 2. The van der Waals surface area contributed by atoms with Crippen molar-refractivity contribution in [3.8, 4) is 5.75 Å². The Bertz CT molecular complexity index is 978. The van der Waals surface area contributed by atoms with Crippen LogP contribution in [0.2, 0.25) is 0 Å². The monoisotopic (exact) mass is 380 g/mol. The summed E-state index contributed by atoms with van der Waals surface area (Å²) in [5.41, 5.74) is 1.96. The lowest BCUT2D eigenvalue weighted by Gasteiger charge is -2.11. The van der Waals surface area contributed by atoms with E-state index in [0.717, 1.165) is 11.3 Å². The molecule has 0 atom stereocenters. The zero-order chi connectivity index (χ0) is 19.9. The van der Waals surface area contributed by atoms with Gasteiger partial charge in [-0.2, -0.15) is 0 Å². The van der Waals surface area contributed by atoms with Gasteiger partial charge in [0.15, 0.2) is 0 Å². The summed E-state index contributed by atoms with van der Waals surface area (Å²) >= 11 is 0. The van der Waals surface area contributed by atoms with Crippen LogP contribution in [-0.4, -0.2) is 29.5 Å². The largest absolute Gasteiger partial charge is 0.496 e. The lowest BCUT2D eigenvalue weighted by atomic mass is 10.1. The van der Waals surface area contributed by atoms with Gasteiger partial charge in [-0.25, -0.2) is 14.4 Å². The molecular weight excluding hydrogens is 359 g/mol. The minimum absolute atomic E-state index is 0.106. The summed E-state index contributed by atoms with van der Waals surface area (Å²) in [6, 6.07) is 15.3. The third-order valence-electron chi connectivity index (χ3n) is 4.08. The normalized spacial score (nSPS) is 10.4. The second kappa shape index (κ2) is 8.94. The number of hydrogen-bond acceptors (Lipinski definition) is 5. The Morgan fingerprint density at radius 1 is 1.11 bits per heavy atom. The van der Waals surface area contributed by atoms with Crippen molar-refractivity contribution in [2.75, 3.05) is 24.3 Å². The first-order valence-electron chi connectivity index (χ1n) is 8.84. The number of hydrogen-bond donors (Lipinski definition) is 2. The molecule has 0 unspecified atom stereocenters. The maximum atomic E-state index is 13.7. The number of ether oxygens (including phenoxy) is 1. The average molecular weight is 380 g/mol. The Morgan fingerprint density at radius 2 is 1.86 bits per heavy atom. The van der Waals surface area contributed by atoms with Crippen LogP contribution in [0.4, 0.5) is 16.0 Å². The van der Waals surface area contributed by atoms with Crippen molar-refractivity contribution in [1.29, 1.82) is 0 Å². The number of aromatic nitrogens is 2. The number of carbonyl (C=O) groups excluding carboxylic acids is 1. The van der Waals surface area contributed by atoms with E-state index in [1.807, 2.05) is 24.3 Å². The Morgan fingerprint density at radius 3 is 2.64 bits per heavy atom. The first-order valence-corrected chi connectivity index (χ1v) is 8.84. The molecule has 0 fully saturated rings. The Hall–Kier alpha value is -3.48. The van der Waals surface area contributed by atoms with Gasteiger partial charge in [-0.1, -0.05) is 30.3 Å². The fourth-order valence-corrected chi connectivity index (χ4v) is 2.73. The van der Waals surface area contributed by atoms with E-state index in [4.69, 9.17) is 4.74 Å². The molecule has 3 rings (SSSR count). The number of anilines is 2. The van der Waals surface area contributed by atoms with E-state index in [1.54, 1.807) is 32.2 Å². The van der Waals surface area contributed by atoms with Gasteiger partial charge in [0.1, 0.15) is 17.3 Å². The lowest BCUT2D eigenvalue weighted by Crippen LogP contribution is -2.17. The van der Waals surface area contributed by atoms with Crippen molar-refractivity contribution in [2.24, 2.45) is 0 Å². The number of carbonyl (C=O) groups is 1. The van der Waals surface area contributed by atoms with Gasteiger partial charge in [0.25, 0.3) is 5.91 Å². The van der Waals surface area contributed by atoms with Crippen LogP contribution in [0.25, 0.3) is 0 Å². The van der Waals surface area contributed by atoms with Crippen LogP contribution in [0.15, 0.2) is 54.6 Å². The Kier molecular flexibility index (Phi) is 6.16. The van der Waals surface area contributed by atoms with Crippen molar-refractivity contribution in [1.82, 2.24) is 9.97 Å². The molecule has 1 heterocycles. The van der Waals surface area contributed by atoms with E-state index in [9.17, 15) is 9.18 Å². The SMILES string of the molecule is COc1ccccc1CCNc1nc(C)cc(C(=O)Nc2ccccc2F)n1. The van der Waals surface area contributed by atoms with Gasteiger partial charge >= 0.3 is 0 Å². The van der Waals surface area contributed by atoms with Crippen molar-refractivity contribution >= 4 is 17.5 Å². The van der Waals surface area contributed by atoms with Crippen molar-refractivity contribution in [2.45, 2.75) is 13.3 Å². The summed E-state index contributed by atoms with van der Waals surface area (Å²) in [6.07, 6.45) is 0.706. The molecule has 2 N–H and O–H groups in total. The molecule has 1 amide bonds. The van der Waals surface area contributed by atoms with Crippen LogP contribution in [0.3, 0.4) is 0 Å². The number of rotatable bonds is 7. The molecule has 0 aliphatic carbocycles. The molecule has 28 heavy (non-hydrogen) atoms. The van der Waals surface area contributed by atoms with E-state index in [-0.39, 0.29) is 11.4 Å². The maximum Gasteiger partial charge on any atom is 0.274 e. The van der Waals surface area contributed by atoms with Crippen LogP contribution in [0.1, 0.15) is 21.7 Å². The highest BCUT2D eigenvalue weighted by molar-refractivity contribution is 6.03. The van der Waals surface area contributed by atoms with E-state index in [1.165, 1.54) is 12.1 Å². The van der Waals surface area contributed by atoms with Gasteiger partial charge in [0, 0.05) is 12.2 Å². The van der Waals surface area contributed by atoms with Crippen LogP contribution in [0, 0.1) is 12.7 Å². The molecule has 0 saturated heterocycles. The highest BCUT2D eigenvalue weighted by Gasteiger charge is 2.13. The third kappa shape index (κ3) is 4.82. The fourth-order valence-electron chi connectivity index (χ4n) is 2.73. The molecule has 0 aliphatic heterocycles. The smallest absolute Gasteiger partial charge is 0.274 e. The molecule has 2 aromatic carbocycles. The topological polar surface area (TPSA) is 76.1 Å². The van der Waals surface area contributed by atoms with Crippen molar-refractivity contribution in [3.05, 3.63) is 77.4 Å². The number of amides is 1. The summed E-state index contributed by atoms with van der Waals surface area (Å²) < 4.78 is 19.1. The van der Waals surface area contributed by atoms with Crippen molar-refractivity contribution < 1.29 is 13.9 Å². The number of nitrogens with zero attached hydrogens (tertiary/aromatic N) is 2. The molecular formula is C21H21FN4O2. The first kappa shape index (κ1) is 19.3. The number of nitrogens with one attached hydrogen (secondary N) is 2. The quantitative estimate of drug-likeness (QED) is 0.651.